The van der Waals surface area contributed by atoms with Crippen LogP contribution in [0.3, 0.4) is 0 Å². The maximum atomic E-state index is 13.1. The highest BCUT2D eigenvalue weighted by molar-refractivity contribution is 6.14. The summed E-state index contributed by atoms with van der Waals surface area (Å²) in [5.74, 6) is -0.262. The second-order valence-corrected chi connectivity index (χ2v) is 5.48. The van der Waals surface area contributed by atoms with Gasteiger partial charge in [-0.2, -0.15) is 10.5 Å². The summed E-state index contributed by atoms with van der Waals surface area (Å²) in [4.78, 5) is 14.6. The number of anilines is 1. The molecule has 0 saturated carbocycles. The van der Waals surface area contributed by atoms with Crippen molar-refractivity contribution in [1.82, 2.24) is 5.32 Å². The fourth-order valence-electron chi connectivity index (χ4n) is 3.47. The molecule has 3 rings (SSSR count). The van der Waals surface area contributed by atoms with Crippen molar-refractivity contribution < 1.29 is 4.79 Å². The highest BCUT2D eigenvalue weighted by atomic mass is 16.2. The Morgan fingerprint density at radius 1 is 1.09 bits per heavy atom. The number of carbonyl (C=O) groups is 1. The normalized spacial score (nSPS) is 19.0. The fraction of sp³-hybridized carbons (Fsp3) is 0.235. The van der Waals surface area contributed by atoms with E-state index in [1.807, 2.05) is 24.3 Å². The summed E-state index contributed by atoms with van der Waals surface area (Å²) in [5.41, 5.74) is 1.89. The third-order valence-corrected chi connectivity index (χ3v) is 4.39. The zero-order valence-corrected chi connectivity index (χ0v) is 12.6. The first kappa shape index (κ1) is 13.9. The lowest BCUT2D eigenvalue weighted by Crippen LogP contribution is -2.46. The lowest BCUT2D eigenvalue weighted by Gasteiger charge is -2.34. The van der Waals surface area contributed by atoms with Crippen LogP contribution >= 0.6 is 0 Å². The van der Waals surface area contributed by atoms with Gasteiger partial charge in [-0.3, -0.25) is 4.79 Å². The van der Waals surface area contributed by atoms with Crippen molar-refractivity contribution >= 4 is 11.6 Å². The Balaban J connectivity index is 2.49. The van der Waals surface area contributed by atoms with Gasteiger partial charge in [0.25, 0.3) is 0 Å². The van der Waals surface area contributed by atoms with E-state index in [-0.39, 0.29) is 17.1 Å². The topological polar surface area (TPSA) is 79.9 Å². The van der Waals surface area contributed by atoms with Crippen LogP contribution in [0.2, 0.25) is 0 Å². The number of fused-ring (bicyclic) bond motifs is 2. The van der Waals surface area contributed by atoms with Crippen LogP contribution in [0, 0.1) is 22.7 Å². The Kier molecular flexibility index (Phi) is 2.83. The smallest absolute Gasteiger partial charge is 0.248 e. The SMILES string of the molecule is CC1=C(C#N)C2(C(=O)N(C)c3ccccc32)C(C#N)=C(C)N1. The van der Waals surface area contributed by atoms with Crippen LogP contribution in [-0.4, -0.2) is 13.0 Å². The van der Waals surface area contributed by atoms with E-state index in [1.165, 1.54) is 4.90 Å². The molecule has 0 unspecified atom stereocenters. The van der Waals surface area contributed by atoms with Crippen molar-refractivity contribution in [2.45, 2.75) is 19.3 Å². The fourth-order valence-corrected chi connectivity index (χ4v) is 3.47. The van der Waals surface area contributed by atoms with E-state index in [0.717, 1.165) is 5.69 Å². The van der Waals surface area contributed by atoms with Gasteiger partial charge in [-0.15, -0.1) is 0 Å². The molecular weight excluding hydrogens is 276 g/mol. The number of hydrogen-bond acceptors (Lipinski definition) is 4. The molecule has 108 valence electrons. The molecule has 1 aromatic carbocycles. The Labute approximate surface area is 128 Å². The van der Waals surface area contributed by atoms with Gasteiger partial charge in [-0.05, 0) is 19.9 Å². The molecule has 0 radical (unpaired) electrons. The van der Waals surface area contributed by atoms with Gasteiger partial charge in [0.05, 0.1) is 23.3 Å². The van der Waals surface area contributed by atoms with Crippen LogP contribution < -0.4 is 10.2 Å². The molecule has 1 spiro atoms. The van der Waals surface area contributed by atoms with Crippen molar-refractivity contribution in [3.8, 4) is 12.1 Å². The van der Waals surface area contributed by atoms with Crippen LogP contribution in [0.1, 0.15) is 19.4 Å². The van der Waals surface area contributed by atoms with Crippen LogP contribution in [0.25, 0.3) is 0 Å². The molecule has 0 aliphatic carbocycles. The van der Waals surface area contributed by atoms with Crippen molar-refractivity contribution in [3.63, 3.8) is 0 Å². The predicted octanol–water partition coefficient (Wildman–Crippen LogP) is 2.10. The van der Waals surface area contributed by atoms with E-state index in [4.69, 9.17) is 0 Å². The maximum absolute atomic E-state index is 13.1. The van der Waals surface area contributed by atoms with Crippen LogP contribution in [0.5, 0.6) is 0 Å². The average Bonchev–Trinajstić information content (AvgIpc) is 2.72. The number of benzene rings is 1. The summed E-state index contributed by atoms with van der Waals surface area (Å²) in [6, 6.07) is 11.6. The van der Waals surface area contributed by atoms with Crippen molar-refractivity contribution in [2.24, 2.45) is 0 Å². The molecule has 1 N–H and O–H groups in total. The van der Waals surface area contributed by atoms with E-state index >= 15 is 0 Å². The number of rotatable bonds is 0. The van der Waals surface area contributed by atoms with Gasteiger partial charge in [-0.25, -0.2) is 0 Å². The standard InChI is InChI=1S/C17H14N4O/c1-10-13(8-18)17(14(9-19)11(2)20-10)12-6-4-5-7-15(12)21(3)16(17)22/h4-7,20H,1-3H3. The number of para-hydroxylation sites is 1. The molecule has 0 bridgehead atoms. The summed E-state index contributed by atoms with van der Waals surface area (Å²) in [5, 5.41) is 22.4. The Morgan fingerprint density at radius 2 is 1.64 bits per heavy atom. The molecule has 1 amide bonds. The van der Waals surface area contributed by atoms with Gasteiger partial charge in [0.15, 0.2) is 0 Å². The highest BCUT2D eigenvalue weighted by Crippen LogP contribution is 2.52. The van der Waals surface area contributed by atoms with E-state index in [2.05, 4.69) is 17.5 Å². The van der Waals surface area contributed by atoms with Gasteiger partial charge in [-0.1, -0.05) is 18.2 Å². The number of nitrogens with zero attached hydrogens (tertiary/aromatic N) is 3. The van der Waals surface area contributed by atoms with Crippen molar-refractivity contribution in [3.05, 3.63) is 52.4 Å². The Morgan fingerprint density at radius 3 is 2.18 bits per heavy atom. The number of amides is 1. The molecule has 5 nitrogen and oxygen atoms in total. The number of nitriles is 2. The van der Waals surface area contributed by atoms with E-state index < -0.39 is 5.41 Å². The van der Waals surface area contributed by atoms with Crippen LogP contribution in [-0.2, 0) is 10.2 Å². The highest BCUT2D eigenvalue weighted by Gasteiger charge is 2.58. The largest absolute Gasteiger partial charge is 0.361 e. The molecule has 1 aromatic rings. The van der Waals surface area contributed by atoms with Gasteiger partial charge in [0.1, 0.15) is 5.41 Å². The number of allylic oxidation sites excluding steroid dienone is 2. The number of nitrogens with one attached hydrogen (secondary N) is 1. The number of dihydropyridines is 1. The van der Waals surface area contributed by atoms with Gasteiger partial charge >= 0.3 is 0 Å². The third-order valence-electron chi connectivity index (χ3n) is 4.39. The molecule has 5 heteroatoms. The lowest BCUT2D eigenvalue weighted by atomic mass is 9.67. The summed E-state index contributed by atoms with van der Waals surface area (Å²) in [6.07, 6.45) is 0. The summed E-state index contributed by atoms with van der Waals surface area (Å²) in [7, 11) is 1.67. The minimum absolute atomic E-state index is 0.262. The zero-order valence-electron chi connectivity index (χ0n) is 12.6. The van der Waals surface area contributed by atoms with Gasteiger partial charge in [0, 0.05) is 29.7 Å². The third kappa shape index (κ3) is 1.38. The molecule has 2 aliphatic heterocycles. The van der Waals surface area contributed by atoms with E-state index in [0.29, 0.717) is 17.0 Å². The minimum Gasteiger partial charge on any atom is -0.361 e. The molecule has 0 aromatic heterocycles. The lowest BCUT2D eigenvalue weighted by molar-refractivity contribution is -0.120. The number of likely N-dealkylation sites (N-methyl/N-ethyl adjacent to an activating group) is 1. The number of carbonyl (C=O) groups excluding carboxylic acids is 1. The first-order valence-corrected chi connectivity index (χ1v) is 6.87. The Hall–Kier alpha value is -3.05. The van der Waals surface area contributed by atoms with Crippen LogP contribution in [0.15, 0.2) is 46.8 Å². The molecule has 0 saturated heterocycles. The quantitative estimate of drug-likeness (QED) is 0.793. The number of hydrogen-bond donors (Lipinski definition) is 1. The minimum atomic E-state index is -1.33. The molecule has 22 heavy (non-hydrogen) atoms. The average molecular weight is 290 g/mol. The molecule has 0 atom stereocenters. The van der Waals surface area contributed by atoms with Gasteiger partial charge in [0.2, 0.25) is 5.91 Å². The molecule has 0 fully saturated rings. The maximum Gasteiger partial charge on any atom is 0.248 e. The van der Waals surface area contributed by atoms with Crippen LogP contribution in [0.4, 0.5) is 5.69 Å². The summed E-state index contributed by atoms with van der Waals surface area (Å²) < 4.78 is 0. The van der Waals surface area contributed by atoms with E-state index in [9.17, 15) is 15.3 Å². The first-order chi connectivity index (χ1) is 10.5. The van der Waals surface area contributed by atoms with Crippen molar-refractivity contribution in [2.75, 3.05) is 11.9 Å². The summed E-state index contributed by atoms with van der Waals surface area (Å²) in [6.45, 7) is 3.51. The molecular formula is C17H14N4O. The van der Waals surface area contributed by atoms with Gasteiger partial charge < -0.3 is 10.2 Å². The van der Waals surface area contributed by atoms with E-state index in [1.54, 1.807) is 20.9 Å². The second kappa shape index (κ2) is 4.47. The first-order valence-electron chi connectivity index (χ1n) is 6.87. The monoisotopic (exact) mass is 290 g/mol. The summed E-state index contributed by atoms with van der Waals surface area (Å²) >= 11 is 0. The predicted molar refractivity (Wildman–Crippen MR) is 81.3 cm³/mol. The molecule has 2 heterocycles. The second-order valence-electron chi connectivity index (χ2n) is 5.48. The zero-order chi connectivity index (χ0) is 16.1. The Bertz CT molecular complexity index is 812. The van der Waals surface area contributed by atoms with Crippen molar-refractivity contribution in [1.29, 1.82) is 10.5 Å². The molecule has 2 aliphatic rings.